The van der Waals surface area contributed by atoms with Gasteiger partial charge in [0.1, 0.15) is 17.4 Å². The Morgan fingerprint density at radius 2 is 2.06 bits per heavy atom. The van der Waals surface area contributed by atoms with Gasteiger partial charge in [-0.15, -0.1) is 0 Å². The van der Waals surface area contributed by atoms with Gasteiger partial charge < -0.3 is 9.31 Å². The first-order valence-corrected chi connectivity index (χ1v) is 5.43. The van der Waals surface area contributed by atoms with Crippen molar-refractivity contribution in [1.82, 2.24) is 4.98 Å². The number of aromatic nitrogens is 1. The number of nitriles is 1. The van der Waals surface area contributed by atoms with Gasteiger partial charge in [0.05, 0.1) is 6.92 Å². The van der Waals surface area contributed by atoms with E-state index in [1.807, 2.05) is 26.8 Å². The molecule has 0 saturated carbocycles. The third kappa shape index (κ3) is 2.02. The summed E-state index contributed by atoms with van der Waals surface area (Å²) in [6.07, 6.45) is 1.60. The fraction of sp³-hybridized carbons (Fsp3) is 0.417. The molecular formula is C12H14BN2O2+. The maximum absolute atomic E-state index is 8.67. The van der Waals surface area contributed by atoms with Crippen LogP contribution in [-0.2, 0) is 9.31 Å². The predicted octanol–water partition coefficient (Wildman–Crippen LogP) is 1.07. The summed E-state index contributed by atoms with van der Waals surface area (Å²) in [4.78, 5) is 4.00. The second-order valence-corrected chi connectivity index (χ2v) is 4.90. The van der Waals surface area contributed by atoms with E-state index in [1.165, 1.54) is 0 Å². The molecule has 0 aliphatic carbocycles. The molecule has 1 unspecified atom stereocenters. The van der Waals surface area contributed by atoms with Crippen LogP contribution >= 0.6 is 0 Å². The highest BCUT2D eigenvalue weighted by molar-refractivity contribution is 6.62. The van der Waals surface area contributed by atoms with E-state index in [2.05, 4.69) is 11.9 Å². The topological polar surface area (TPSA) is 55.1 Å². The van der Waals surface area contributed by atoms with Gasteiger partial charge in [-0.3, -0.25) is 0 Å². The van der Waals surface area contributed by atoms with Crippen LogP contribution in [0.2, 0.25) is 0 Å². The molecule has 86 valence electrons. The van der Waals surface area contributed by atoms with E-state index in [4.69, 9.17) is 14.6 Å². The van der Waals surface area contributed by atoms with E-state index >= 15 is 0 Å². The summed E-state index contributed by atoms with van der Waals surface area (Å²) >= 11 is 0. The van der Waals surface area contributed by atoms with Gasteiger partial charge in [-0.25, -0.2) is 4.98 Å². The Morgan fingerprint density at radius 1 is 1.35 bits per heavy atom. The number of rotatable bonds is 1. The van der Waals surface area contributed by atoms with Crippen molar-refractivity contribution in [1.29, 1.82) is 5.26 Å². The molecule has 1 aromatic heterocycles. The predicted molar refractivity (Wildman–Crippen MR) is 64.4 cm³/mol. The fourth-order valence-electron chi connectivity index (χ4n) is 1.54. The zero-order chi connectivity index (χ0) is 12.7. The lowest BCUT2D eigenvalue weighted by Gasteiger charge is -2.25. The molecule has 1 atom stereocenters. The summed E-state index contributed by atoms with van der Waals surface area (Å²) in [6, 6.07) is 5.40. The van der Waals surface area contributed by atoms with Crippen LogP contribution in [0, 0.1) is 18.3 Å². The van der Waals surface area contributed by atoms with E-state index < -0.39 is 18.3 Å². The second kappa shape index (κ2) is 3.76. The molecule has 2 rings (SSSR count). The van der Waals surface area contributed by atoms with Gasteiger partial charge in [0.2, 0.25) is 5.60 Å². The number of pyridine rings is 1. The Hall–Kier alpha value is -1.51. The molecule has 1 fully saturated rings. The first-order valence-electron chi connectivity index (χ1n) is 5.43. The van der Waals surface area contributed by atoms with Crippen molar-refractivity contribution >= 4 is 12.6 Å². The SMILES string of the molecule is [CH2+]C1(C)OB(c2ccc(C#N)nc2)OC1(C)C. The fourth-order valence-corrected chi connectivity index (χ4v) is 1.54. The molecule has 1 aliphatic heterocycles. The van der Waals surface area contributed by atoms with E-state index in [0.29, 0.717) is 5.69 Å². The minimum Gasteiger partial charge on any atom is -0.395 e. The molecule has 17 heavy (non-hydrogen) atoms. The van der Waals surface area contributed by atoms with Gasteiger partial charge in [0.15, 0.2) is 0 Å². The van der Waals surface area contributed by atoms with Crippen molar-refractivity contribution in [2.45, 2.75) is 32.0 Å². The molecule has 0 radical (unpaired) electrons. The quantitative estimate of drug-likeness (QED) is 0.533. The molecule has 5 heteroatoms. The summed E-state index contributed by atoms with van der Waals surface area (Å²) in [7, 11) is -0.479. The molecule has 4 nitrogen and oxygen atoms in total. The summed E-state index contributed by atoms with van der Waals surface area (Å²) in [5, 5.41) is 8.67. The number of hydrogen-bond acceptors (Lipinski definition) is 4. The highest BCUT2D eigenvalue weighted by Gasteiger charge is 2.57. The van der Waals surface area contributed by atoms with Gasteiger partial charge in [-0.2, -0.15) is 5.26 Å². The van der Waals surface area contributed by atoms with Crippen molar-refractivity contribution in [2.75, 3.05) is 0 Å². The van der Waals surface area contributed by atoms with Crippen molar-refractivity contribution in [3.05, 3.63) is 30.9 Å². The largest absolute Gasteiger partial charge is 0.499 e. The van der Waals surface area contributed by atoms with Gasteiger partial charge in [0, 0.05) is 18.6 Å². The van der Waals surface area contributed by atoms with Crippen LogP contribution in [-0.4, -0.2) is 23.3 Å². The molecule has 2 heterocycles. The summed E-state index contributed by atoms with van der Waals surface area (Å²) < 4.78 is 11.6. The summed E-state index contributed by atoms with van der Waals surface area (Å²) in [5.41, 5.74) is 0.102. The average molecular weight is 229 g/mol. The van der Waals surface area contributed by atoms with Crippen molar-refractivity contribution < 1.29 is 9.31 Å². The minimum absolute atomic E-state index is 0.378. The first kappa shape index (κ1) is 12.0. The normalized spacial score (nSPS) is 26.8. The molecule has 0 aromatic carbocycles. The van der Waals surface area contributed by atoms with Crippen molar-refractivity contribution in [2.24, 2.45) is 0 Å². The maximum atomic E-state index is 8.67. The lowest BCUT2D eigenvalue weighted by atomic mass is 9.80. The van der Waals surface area contributed by atoms with Crippen LogP contribution in [0.3, 0.4) is 0 Å². The monoisotopic (exact) mass is 229 g/mol. The Labute approximate surface area is 102 Å². The van der Waals surface area contributed by atoms with Crippen LogP contribution < -0.4 is 5.46 Å². The Kier molecular flexibility index (Phi) is 2.65. The molecule has 0 bridgehead atoms. The average Bonchev–Trinajstić information content (AvgIpc) is 2.48. The Morgan fingerprint density at radius 3 is 2.47 bits per heavy atom. The highest BCUT2D eigenvalue weighted by Crippen LogP contribution is 2.35. The zero-order valence-electron chi connectivity index (χ0n) is 10.2. The van der Waals surface area contributed by atoms with Gasteiger partial charge in [-0.1, -0.05) is 6.07 Å². The molecule has 0 N–H and O–H groups in total. The van der Waals surface area contributed by atoms with Crippen LogP contribution in [0.25, 0.3) is 0 Å². The van der Waals surface area contributed by atoms with E-state index in [9.17, 15) is 0 Å². The smallest absolute Gasteiger partial charge is 0.395 e. The molecule has 1 aliphatic rings. The van der Waals surface area contributed by atoms with Crippen LogP contribution in [0.4, 0.5) is 0 Å². The van der Waals surface area contributed by atoms with E-state index in [-0.39, 0.29) is 0 Å². The molecule has 0 spiro atoms. The van der Waals surface area contributed by atoms with Crippen LogP contribution in [0.15, 0.2) is 18.3 Å². The standard InChI is InChI=1S/C12H14BN2O2/c1-11(2)12(3,4)17-13(16-11)9-5-6-10(7-14)15-8-9/h5-6,8H,1H2,2-4H3/q+1. The summed E-state index contributed by atoms with van der Waals surface area (Å²) in [5.74, 6) is 0. The van der Waals surface area contributed by atoms with Gasteiger partial charge in [0.25, 0.3) is 0 Å². The number of hydrogen-bond donors (Lipinski definition) is 0. The van der Waals surface area contributed by atoms with Crippen molar-refractivity contribution in [3.8, 4) is 6.07 Å². The van der Waals surface area contributed by atoms with Crippen molar-refractivity contribution in [3.63, 3.8) is 0 Å². The Bertz CT molecular complexity index is 446. The third-order valence-electron chi connectivity index (χ3n) is 3.22. The van der Waals surface area contributed by atoms with E-state index in [1.54, 1.807) is 18.3 Å². The molecule has 1 saturated heterocycles. The lowest BCUT2D eigenvalue weighted by Crippen LogP contribution is -2.42. The zero-order valence-corrected chi connectivity index (χ0v) is 10.2. The minimum atomic E-state index is -0.606. The van der Waals surface area contributed by atoms with Crippen LogP contribution in [0.1, 0.15) is 26.5 Å². The van der Waals surface area contributed by atoms with Crippen LogP contribution in [0.5, 0.6) is 0 Å². The highest BCUT2D eigenvalue weighted by atomic mass is 16.7. The van der Waals surface area contributed by atoms with Gasteiger partial charge in [-0.05, 0) is 19.9 Å². The maximum Gasteiger partial charge on any atom is 0.499 e. The molecule has 1 aromatic rings. The second-order valence-electron chi connectivity index (χ2n) is 4.90. The lowest BCUT2D eigenvalue weighted by molar-refractivity contribution is 0.0262. The Balaban J connectivity index is 2.23. The molecular weight excluding hydrogens is 215 g/mol. The van der Waals surface area contributed by atoms with Gasteiger partial charge >= 0.3 is 7.12 Å². The third-order valence-corrected chi connectivity index (χ3v) is 3.22. The molecule has 0 amide bonds. The summed E-state index contributed by atoms with van der Waals surface area (Å²) in [6.45, 7) is 9.79. The van der Waals surface area contributed by atoms with E-state index in [0.717, 1.165) is 5.46 Å². The number of nitrogens with zero attached hydrogens (tertiary/aromatic N) is 2. The first-order chi connectivity index (χ1) is 7.86.